The van der Waals surface area contributed by atoms with Crippen molar-refractivity contribution in [2.45, 2.75) is 37.3 Å². The number of hydrogen-bond donors (Lipinski definition) is 1. The van der Waals surface area contributed by atoms with Crippen LogP contribution in [-0.2, 0) is 4.74 Å². The first-order valence-electron chi connectivity index (χ1n) is 10.3. The summed E-state index contributed by atoms with van der Waals surface area (Å²) in [5, 5.41) is 0. The van der Waals surface area contributed by atoms with Gasteiger partial charge in [0.05, 0.1) is 24.4 Å². The van der Waals surface area contributed by atoms with Crippen LogP contribution in [0.2, 0.25) is 0 Å². The molecule has 3 aliphatic rings. The Hall–Kier alpha value is -3.26. The summed E-state index contributed by atoms with van der Waals surface area (Å²) in [6.07, 6.45) is 7.09. The van der Waals surface area contributed by atoms with Gasteiger partial charge in [0.1, 0.15) is 11.6 Å². The predicted octanol–water partition coefficient (Wildman–Crippen LogP) is 3.16. The van der Waals surface area contributed by atoms with Gasteiger partial charge in [-0.05, 0) is 31.4 Å². The van der Waals surface area contributed by atoms with Gasteiger partial charge in [0.25, 0.3) is 0 Å². The van der Waals surface area contributed by atoms with Crippen molar-refractivity contribution in [3.8, 4) is 22.9 Å². The molecule has 30 heavy (non-hydrogen) atoms. The number of aromatic nitrogens is 4. The SMILES string of the molecule is Nc1ncc(-c2cc(N3CC4CC3CO4)nc(C3CC3)n2)cc1Oc1ccccn1. The van der Waals surface area contributed by atoms with Crippen LogP contribution in [0.5, 0.6) is 11.6 Å². The fraction of sp³-hybridized carbons (Fsp3) is 0.364. The van der Waals surface area contributed by atoms with E-state index in [9.17, 15) is 0 Å². The summed E-state index contributed by atoms with van der Waals surface area (Å²) in [7, 11) is 0. The Kier molecular flexibility index (Phi) is 4.05. The van der Waals surface area contributed by atoms with Gasteiger partial charge in [-0.15, -0.1) is 0 Å². The molecule has 1 saturated carbocycles. The predicted molar refractivity (Wildman–Crippen MR) is 111 cm³/mol. The summed E-state index contributed by atoms with van der Waals surface area (Å²) >= 11 is 0. The molecule has 2 atom stereocenters. The largest absolute Gasteiger partial charge is 0.435 e. The van der Waals surface area contributed by atoms with E-state index in [1.807, 2.05) is 24.3 Å². The molecule has 2 bridgehead atoms. The summed E-state index contributed by atoms with van der Waals surface area (Å²) < 4.78 is 11.6. The molecular weight excluding hydrogens is 380 g/mol. The van der Waals surface area contributed by atoms with Crippen molar-refractivity contribution in [3.63, 3.8) is 0 Å². The van der Waals surface area contributed by atoms with Crippen LogP contribution in [0.25, 0.3) is 11.3 Å². The van der Waals surface area contributed by atoms with E-state index in [0.29, 0.717) is 35.5 Å². The van der Waals surface area contributed by atoms with Crippen LogP contribution in [0.1, 0.15) is 31.0 Å². The van der Waals surface area contributed by atoms with E-state index in [0.717, 1.165) is 55.3 Å². The fourth-order valence-electron chi connectivity index (χ4n) is 4.15. The van der Waals surface area contributed by atoms with E-state index in [2.05, 4.69) is 14.9 Å². The van der Waals surface area contributed by atoms with Crippen molar-refractivity contribution < 1.29 is 9.47 Å². The molecule has 3 aromatic rings. The Labute approximate surface area is 174 Å². The second-order valence-corrected chi connectivity index (χ2v) is 8.12. The van der Waals surface area contributed by atoms with Crippen molar-refractivity contribution in [1.82, 2.24) is 19.9 Å². The smallest absolute Gasteiger partial charge is 0.219 e. The number of nitrogens with two attached hydrogens (primary N) is 1. The van der Waals surface area contributed by atoms with Crippen LogP contribution >= 0.6 is 0 Å². The highest BCUT2D eigenvalue weighted by molar-refractivity contribution is 5.67. The number of fused-ring (bicyclic) bond motifs is 2. The molecule has 8 heteroatoms. The number of nitrogens with zero attached hydrogens (tertiary/aromatic N) is 5. The minimum absolute atomic E-state index is 0.314. The molecule has 2 unspecified atom stereocenters. The fourth-order valence-corrected chi connectivity index (χ4v) is 4.15. The molecule has 3 fully saturated rings. The molecule has 0 spiro atoms. The van der Waals surface area contributed by atoms with Crippen LogP contribution < -0.4 is 15.4 Å². The zero-order chi connectivity index (χ0) is 20.1. The first kappa shape index (κ1) is 17.6. The minimum Gasteiger partial charge on any atom is -0.435 e. The molecule has 6 rings (SSSR count). The highest BCUT2D eigenvalue weighted by atomic mass is 16.5. The average molecular weight is 402 g/mol. The number of nitrogen functional groups attached to an aromatic ring is 1. The molecule has 2 N–H and O–H groups in total. The summed E-state index contributed by atoms with van der Waals surface area (Å²) in [5.74, 6) is 3.59. The van der Waals surface area contributed by atoms with E-state index >= 15 is 0 Å². The highest BCUT2D eigenvalue weighted by Crippen LogP contribution is 2.41. The number of ether oxygens (including phenoxy) is 2. The Morgan fingerprint density at radius 2 is 2.07 bits per heavy atom. The molecule has 0 amide bonds. The Morgan fingerprint density at radius 3 is 2.80 bits per heavy atom. The molecular formula is C22H22N6O2. The quantitative estimate of drug-likeness (QED) is 0.695. The lowest BCUT2D eigenvalue weighted by molar-refractivity contribution is 0.0989. The molecule has 8 nitrogen and oxygen atoms in total. The van der Waals surface area contributed by atoms with Gasteiger partial charge in [0.15, 0.2) is 11.6 Å². The third kappa shape index (κ3) is 3.23. The van der Waals surface area contributed by atoms with Crippen LogP contribution in [0.15, 0.2) is 42.7 Å². The van der Waals surface area contributed by atoms with Gasteiger partial charge in [-0.3, -0.25) is 0 Å². The second-order valence-electron chi connectivity index (χ2n) is 8.12. The van der Waals surface area contributed by atoms with Gasteiger partial charge in [-0.1, -0.05) is 6.07 Å². The lowest BCUT2D eigenvalue weighted by atomic mass is 10.1. The molecule has 3 aromatic heterocycles. The molecule has 5 heterocycles. The highest BCUT2D eigenvalue weighted by Gasteiger charge is 2.40. The van der Waals surface area contributed by atoms with Crippen molar-refractivity contribution >= 4 is 11.6 Å². The van der Waals surface area contributed by atoms with E-state index < -0.39 is 0 Å². The normalized spacial score (nSPS) is 22.5. The van der Waals surface area contributed by atoms with E-state index in [1.54, 1.807) is 18.5 Å². The Bertz CT molecular complexity index is 1090. The van der Waals surface area contributed by atoms with Gasteiger partial charge in [0, 0.05) is 42.6 Å². The summed E-state index contributed by atoms with van der Waals surface area (Å²) in [4.78, 5) is 20.7. The first-order valence-corrected chi connectivity index (χ1v) is 10.3. The zero-order valence-corrected chi connectivity index (χ0v) is 16.4. The zero-order valence-electron chi connectivity index (χ0n) is 16.4. The van der Waals surface area contributed by atoms with Gasteiger partial charge >= 0.3 is 0 Å². The van der Waals surface area contributed by atoms with Crippen LogP contribution in [0, 0.1) is 0 Å². The van der Waals surface area contributed by atoms with Crippen molar-refractivity contribution in [1.29, 1.82) is 0 Å². The van der Waals surface area contributed by atoms with E-state index in [-0.39, 0.29) is 0 Å². The third-order valence-electron chi connectivity index (χ3n) is 5.90. The maximum Gasteiger partial charge on any atom is 0.219 e. The summed E-state index contributed by atoms with van der Waals surface area (Å²) in [5.41, 5.74) is 7.74. The Morgan fingerprint density at radius 1 is 1.13 bits per heavy atom. The number of anilines is 2. The lowest BCUT2D eigenvalue weighted by Crippen LogP contribution is -2.37. The van der Waals surface area contributed by atoms with Gasteiger partial charge in [-0.2, -0.15) is 0 Å². The molecule has 152 valence electrons. The minimum atomic E-state index is 0.314. The number of hydrogen-bond acceptors (Lipinski definition) is 8. The molecule has 0 aromatic carbocycles. The molecule has 0 radical (unpaired) electrons. The van der Waals surface area contributed by atoms with Gasteiger partial charge < -0.3 is 20.1 Å². The third-order valence-corrected chi connectivity index (χ3v) is 5.90. The van der Waals surface area contributed by atoms with Gasteiger partial charge in [-0.25, -0.2) is 19.9 Å². The monoisotopic (exact) mass is 402 g/mol. The first-order chi connectivity index (χ1) is 14.7. The lowest BCUT2D eigenvalue weighted by Gasteiger charge is -2.28. The van der Waals surface area contributed by atoms with E-state index in [1.165, 1.54) is 0 Å². The maximum absolute atomic E-state index is 6.06. The van der Waals surface area contributed by atoms with Crippen molar-refractivity contribution in [2.24, 2.45) is 0 Å². The Balaban J connectivity index is 1.37. The van der Waals surface area contributed by atoms with E-state index in [4.69, 9.17) is 25.2 Å². The maximum atomic E-state index is 6.06. The summed E-state index contributed by atoms with van der Waals surface area (Å²) in [6.45, 7) is 1.66. The number of rotatable bonds is 5. The number of morpholine rings is 1. The average Bonchev–Trinajstić information content (AvgIpc) is 3.42. The van der Waals surface area contributed by atoms with Crippen LogP contribution in [0.4, 0.5) is 11.6 Å². The second kappa shape index (κ2) is 6.91. The van der Waals surface area contributed by atoms with Gasteiger partial charge in [0.2, 0.25) is 5.88 Å². The molecule has 2 saturated heterocycles. The number of pyridine rings is 2. The molecule has 2 aliphatic heterocycles. The summed E-state index contributed by atoms with van der Waals surface area (Å²) in [6, 6.07) is 9.80. The molecule has 1 aliphatic carbocycles. The topological polar surface area (TPSA) is 99.3 Å². The van der Waals surface area contributed by atoms with Crippen LogP contribution in [-0.4, -0.2) is 45.2 Å². The van der Waals surface area contributed by atoms with Crippen molar-refractivity contribution in [3.05, 3.63) is 48.5 Å². The van der Waals surface area contributed by atoms with Crippen molar-refractivity contribution in [2.75, 3.05) is 23.8 Å². The van der Waals surface area contributed by atoms with Crippen LogP contribution in [0.3, 0.4) is 0 Å². The standard InChI is InChI=1S/C22H22N6O2/c23-21-18(30-20-3-1-2-6-24-20)7-14(10-25-21)17-9-19(27-22(26-17)13-4-5-13)28-11-16-8-15(28)12-29-16/h1-3,6-7,9-10,13,15-16H,4-5,8,11-12H2,(H2,23,25).